The first-order chi connectivity index (χ1) is 12.8. The molecule has 1 amide bonds. The van der Waals surface area contributed by atoms with E-state index >= 15 is 0 Å². The Morgan fingerprint density at radius 3 is 2.48 bits per heavy atom. The van der Waals surface area contributed by atoms with E-state index in [0.29, 0.717) is 12.1 Å². The molecule has 0 aliphatic heterocycles. The van der Waals surface area contributed by atoms with Crippen molar-refractivity contribution in [2.24, 2.45) is 14.1 Å². The van der Waals surface area contributed by atoms with Crippen molar-refractivity contribution in [2.75, 3.05) is 5.32 Å². The molecule has 8 heteroatoms. The zero-order chi connectivity index (χ0) is 19.7. The summed E-state index contributed by atoms with van der Waals surface area (Å²) in [7, 11) is 2.88. The minimum atomic E-state index is -0.504. The summed E-state index contributed by atoms with van der Waals surface area (Å²) in [5.74, 6) is -0.245. The van der Waals surface area contributed by atoms with Gasteiger partial charge >= 0.3 is 5.69 Å². The number of amides is 1. The summed E-state index contributed by atoms with van der Waals surface area (Å²) >= 11 is 0. The van der Waals surface area contributed by atoms with E-state index in [1.807, 2.05) is 30.7 Å². The topological polar surface area (TPSA) is 90.9 Å². The second-order valence-corrected chi connectivity index (χ2v) is 6.51. The highest BCUT2D eigenvalue weighted by Crippen LogP contribution is 2.11. The summed E-state index contributed by atoms with van der Waals surface area (Å²) in [6.07, 6.45) is 0. The third-order valence-corrected chi connectivity index (χ3v) is 4.39. The van der Waals surface area contributed by atoms with Crippen molar-refractivity contribution in [2.45, 2.75) is 20.4 Å². The molecule has 0 unspecified atom stereocenters. The van der Waals surface area contributed by atoms with Gasteiger partial charge < -0.3 is 5.32 Å². The molecule has 1 N–H and O–H groups in total. The van der Waals surface area contributed by atoms with Crippen LogP contribution in [0.15, 0.2) is 46.0 Å². The highest BCUT2D eigenvalue weighted by atomic mass is 16.2. The maximum absolute atomic E-state index is 12.6. The van der Waals surface area contributed by atoms with E-state index in [4.69, 9.17) is 0 Å². The van der Waals surface area contributed by atoms with Crippen molar-refractivity contribution in [3.63, 3.8) is 0 Å². The molecule has 0 atom stereocenters. The van der Waals surface area contributed by atoms with Gasteiger partial charge in [-0.1, -0.05) is 12.1 Å². The Kier molecular flexibility index (Phi) is 4.81. The SMILES string of the molecule is Cc1cc(C)n(Cc2cccc(C(=O)Nc3cc(=O)n(C)c(=O)n3C)c2)n1. The van der Waals surface area contributed by atoms with E-state index in [2.05, 4.69) is 10.4 Å². The highest BCUT2D eigenvalue weighted by Gasteiger charge is 2.12. The van der Waals surface area contributed by atoms with E-state index < -0.39 is 17.2 Å². The van der Waals surface area contributed by atoms with Crippen molar-refractivity contribution in [1.29, 1.82) is 0 Å². The van der Waals surface area contributed by atoms with Crippen molar-refractivity contribution in [1.82, 2.24) is 18.9 Å². The summed E-state index contributed by atoms with van der Waals surface area (Å²) in [6.45, 7) is 4.46. The zero-order valence-corrected chi connectivity index (χ0v) is 15.7. The fourth-order valence-corrected chi connectivity index (χ4v) is 2.86. The second-order valence-electron chi connectivity index (χ2n) is 6.51. The van der Waals surface area contributed by atoms with Gasteiger partial charge in [0, 0.05) is 31.4 Å². The number of aromatic nitrogens is 4. The van der Waals surface area contributed by atoms with Crippen LogP contribution in [0.1, 0.15) is 27.3 Å². The monoisotopic (exact) mass is 367 g/mol. The Hall–Kier alpha value is -3.42. The normalized spacial score (nSPS) is 10.8. The summed E-state index contributed by atoms with van der Waals surface area (Å²) in [5, 5.41) is 7.06. The van der Waals surface area contributed by atoms with Crippen LogP contribution in [0.4, 0.5) is 5.82 Å². The molecule has 0 aliphatic carbocycles. The Morgan fingerprint density at radius 1 is 1.07 bits per heavy atom. The maximum Gasteiger partial charge on any atom is 0.332 e. The average Bonchev–Trinajstić information content (AvgIpc) is 2.95. The van der Waals surface area contributed by atoms with Crippen molar-refractivity contribution >= 4 is 11.7 Å². The number of anilines is 1. The minimum Gasteiger partial charge on any atom is -0.308 e. The number of rotatable bonds is 4. The number of nitrogens with zero attached hydrogens (tertiary/aromatic N) is 4. The summed E-state index contributed by atoms with van der Waals surface area (Å²) in [5.41, 5.74) is 2.35. The maximum atomic E-state index is 12.6. The molecule has 0 spiro atoms. The lowest BCUT2D eigenvalue weighted by Gasteiger charge is -2.11. The van der Waals surface area contributed by atoms with Crippen LogP contribution in [0.3, 0.4) is 0 Å². The van der Waals surface area contributed by atoms with E-state index in [-0.39, 0.29) is 5.82 Å². The van der Waals surface area contributed by atoms with Crippen LogP contribution < -0.4 is 16.6 Å². The molecule has 0 saturated heterocycles. The van der Waals surface area contributed by atoms with Gasteiger partial charge in [-0.15, -0.1) is 0 Å². The Bertz CT molecular complexity index is 1140. The zero-order valence-electron chi connectivity index (χ0n) is 15.7. The third-order valence-electron chi connectivity index (χ3n) is 4.39. The van der Waals surface area contributed by atoms with E-state index in [1.165, 1.54) is 24.7 Å². The van der Waals surface area contributed by atoms with Crippen LogP contribution in [0.25, 0.3) is 0 Å². The molecule has 0 saturated carbocycles. The lowest BCUT2D eigenvalue weighted by molar-refractivity contribution is 0.102. The molecule has 3 rings (SSSR count). The number of benzene rings is 1. The number of aryl methyl sites for hydroxylation is 2. The summed E-state index contributed by atoms with van der Waals surface area (Å²) in [4.78, 5) is 36.4. The van der Waals surface area contributed by atoms with Gasteiger partial charge in [-0.05, 0) is 37.6 Å². The minimum absolute atomic E-state index is 0.150. The van der Waals surface area contributed by atoms with Crippen molar-refractivity contribution < 1.29 is 4.79 Å². The van der Waals surface area contributed by atoms with Gasteiger partial charge in [-0.2, -0.15) is 5.10 Å². The molecule has 0 aliphatic rings. The highest BCUT2D eigenvalue weighted by molar-refractivity contribution is 6.03. The van der Waals surface area contributed by atoms with Crippen molar-refractivity contribution in [3.8, 4) is 0 Å². The van der Waals surface area contributed by atoms with Crippen LogP contribution in [0, 0.1) is 13.8 Å². The fourth-order valence-electron chi connectivity index (χ4n) is 2.86. The predicted octanol–water partition coefficient (Wildman–Crippen LogP) is 1.20. The van der Waals surface area contributed by atoms with Gasteiger partial charge in [0.05, 0.1) is 12.2 Å². The van der Waals surface area contributed by atoms with Gasteiger partial charge in [-0.25, -0.2) is 4.79 Å². The Morgan fingerprint density at radius 2 is 1.81 bits per heavy atom. The molecule has 1 aromatic carbocycles. The molecular weight excluding hydrogens is 346 g/mol. The van der Waals surface area contributed by atoms with Gasteiger partial charge in [0.1, 0.15) is 5.82 Å². The third kappa shape index (κ3) is 3.74. The Balaban J connectivity index is 1.85. The van der Waals surface area contributed by atoms with Gasteiger partial charge in [0.15, 0.2) is 0 Å². The second kappa shape index (κ2) is 7.06. The number of hydrogen-bond donors (Lipinski definition) is 1. The van der Waals surface area contributed by atoms with E-state index in [9.17, 15) is 14.4 Å². The molecule has 140 valence electrons. The first-order valence-corrected chi connectivity index (χ1v) is 8.44. The van der Waals surface area contributed by atoms with Gasteiger partial charge in [-0.3, -0.25) is 23.4 Å². The van der Waals surface area contributed by atoms with E-state index in [0.717, 1.165) is 21.5 Å². The molecule has 0 fully saturated rings. The molecule has 27 heavy (non-hydrogen) atoms. The van der Waals surface area contributed by atoms with Crippen LogP contribution in [-0.4, -0.2) is 24.8 Å². The molecule has 2 aromatic heterocycles. The van der Waals surface area contributed by atoms with Crippen molar-refractivity contribution in [3.05, 3.63) is 79.8 Å². The van der Waals surface area contributed by atoms with E-state index in [1.54, 1.807) is 18.2 Å². The number of carbonyl (C=O) groups is 1. The molecule has 3 aromatic rings. The smallest absolute Gasteiger partial charge is 0.308 e. The lowest BCUT2D eigenvalue weighted by Crippen LogP contribution is -2.38. The first kappa shape index (κ1) is 18.4. The Labute approximate surface area is 155 Å². The molecule has 8 nitrogen and oxygen atoms in total. The molecule has 0 radical (unpaired) electrons. The average molecular weight is 367 g/mol. The molecule has 0 bridgehead atoms. The number of hydrogen-bond acceptors (Lipinski definition) is 4. The number of carbonyl (C=O) groups excluding carboxylic acids is 1. The number of nitrogens with one attached hydrogen (secondary N) is 1. The van der Waals surface area contributed by atoms with Gasteiger partial charge in [0.2, 0.25) is 0 Å². The predicted molar refractivity (Wildman–Crippen MR) is 102 cm³/mol. The summed E-state index contributed by atoms with van der Waals surface area (Å²) < 4.78 is 4.07. The quantitative estimate of drug-likeness (QED) is 0.750. The van der Waals surface area contributed by atoms with Gasteiger partial charge in [0.25, 0.3) is 11.5 Å². The lowest BCUT2D eigenvalue weighted by atomic mass is 10.1. The van der Waals surface area contributed by atoms with Crippen LogP contribution >= 0.6 is 0 Å². The van der Waals surface area contributed by atoms with Crippen LogP contribution in [0.5, 0.6) is 0 Å². The van der Waals surface area contributed by atoms with Crippen LogP contribution in [0.2, 0.25) is 0 Å². The molecule has 2 heterocycles. The standard InChI is InChI=1S/C19H21N5O3/c1-12-8-13(2)24(21-12)11-14-6-5-7-15(9-14)18(26)20-16-10-17(25)23(4)19(27)22(16)3/h5-10H,11H2,1-4H3,(H,20,26). The first-order valence-electron chi connectivity index (χ1n) is 8.44. The summed E-state index contributed by atoms with van der Waals surface area (Å²) in [6, 6.07) is 10.4. The fraction of sp³-hybridized carbons (Fsp3) is 0.263. The largest absolute Gasteiger partial charge is 0.332 e. The van der Waals surface area contributed by atoms with Crippen LogP contribution in [-0.2, 0) is 20.6 Å². The molecular formula is C19H21N5O3.